The minimum Gasteiger partial charge on any atom is -0.382 e. The number of hydrogen-bond donors (Lipinski definition) is 1. The van der Waals surface area contributed by atoms with Gasteiger partial charge in [-0.3, -0.25) is 0 Å². The molecule has 1 N–H and O–H groups in total. The molecule has 0 unspecified atom stereocenters. The largest absolute Gasteiger partial charge is 0.382 e. The molecule has 1 aliphatic rings. The molecule has 0 heterocycles. The van der Waals surface area contributed by atoms with Crippen molar-refractivity contribution < 1.29 is 0 Å². The predicted octanol–water partition coefficient (Wildman–Crippen LogP) is 18.1. The van der Waals surface area contributed by atoms with E-state index in [0.29, 0.717) is 29.0 Å². The topological polar surface area (TPSA) is 86.2 Å². The highest BCUT2D eigenvalue weighted by molar-refractivity contribution is 6.02. The van der Waals surface area contributed by atoms with E-state index in [-0.39, 0.29) is 0 Å². The monoisotopic (exact) mass is 801 g/mol. The molecule has 0 bridgehead atoms. The third kappa shape index (κ3) is 10.1. The van der Waals surface area contributed by atoms with Crippen LogP contribution in [0.5, 0.6) is 0 Å². The molecular weight excluding hydrogens is 747 g/mol. The lowest BCUT2D eigenvalue weighted by Gasteiger charge is -2.26. The Morgan fingerprint density at radius 3 is 1.61 bits per heavy atom. The summed E-state index contributed by atoms with van der Waals surface area (Å²) in [6, 6.07) is 36.5. The van der Waals surface area contributed by atoms with E-state index in [0.717, 1.165) is 73.3 Å². The maximum atomic E-state index is 4.73. The number of nitrogens with zero attached hydrogens (tertiary/aromatic N) is 6. The number of anilines is 1. The molecule has 6 aromatic carbocycles. The molecule has 7 rings (SSSR count). The summed E-state index contributed by atoms with van der Waals surface area (Å²) in [5.41, 5.74) is 10.5. The van der Waals surface area contributed by atoms with E-state index in [1.54, 1.807) is 12.2 Å². The number of hydrogen-bond acceptors (Lipinski definition) is 7. The summed E-state index contributed by atoms with van der Waals surface area (Å²) >= 11 is 0. The van der Waals surface area contributed by atoms with Gasteiger partial charge >= 0.3 is 0 Å². The molecule has 0 aliphatic heterocycles. The first-order valence-corrected chi connectivity index (χ1v) is 21.4. The van der Waals surface area contributed by atoms with Crippen LogP contribution in [0.15, 0.2) is 183 Å². The van der Waals surface area contributed by atoms with E-state index in [1.165, 1.54) is 36.8 Å². The van der Waals surface area contributed by atoms with Gasteiger partial charge in [-0.1, -0.05) is 143 Å². The first-order valence-electron chi connectivity index (χ1n) is 21.4. The molecular formula is C54H55N7. The lowest BCUT2D eigenvalue weighted by Crippen LogP contribution is -2.13. The van der Waals surface area contributed by atoms with Crippen LogP contribution in [0.2, 0.25) is 0 Å². The molecule has 0 radical (unpaired) electrons. The van der Waals surface area contributed by atoms with E-state index < -0.39 is 0 Å². The fourth-order valence-electron chi connectivity index (χ4n) is 7.98. The van der Waals surface area contributed by atoms with Crippen molar-refractivity contribution in [1.82, 2.24) is 0 Å². The second-order valence-corrected chi connectivity index (χ2v) is 16.0. The van der Waals surface area contributed by atoms with Gasteiger partial charge in [0.25, 0.3) is 0 Å². The smallest absolute Gasteiger partial charge is 0.0936 e. The van der Waals surface area contributed by atoms with E-state index in [4.69, 9.17) is 20.5 Å². The quantitative estimate of drug-likeness (QED) is 0.0814. The normalized spacial score (nSPS) is 16.2. The number of allylic oxidation sites excluding steroid dienone is 5. The van der Waals surface area contributed by atoms with Gasteiger partial charge in [-0.05, 0) is 105 Å². The van der Waals surface area contributed by atoms with Crippen molar-refractivity contribution in [1.29, 1.82) is 0 Å². The van der Waals surface area contributed by atoms with Crippen molar-refractivity contribution in [3.05, 3.63) is 169 Å². The van der Waals surface area contributed by atoms with Crippen molar-refractivity contribution in [3.8, 4) is 0 Å². The van der Waals surface area contributed by atoms with Gasteiger partial charge < -0.3 is 5.32 Å². The lowest BCUT2D eigenvalue weighted by atomic mass is 9.79. The highest BCUT2D eigenvalue weighted by Gasteiger charge is 2.19. The highest BCUT2D eigenvalue weighted by Crippen LogP contribution is 2.40. The Bertz CT molecular complexity index is 2710. The van der Waals surface area contributed by atoms with Crippen LogP contribution in [0.25, 0.3) is 39.3 Å². The Morgan fingerprint density at radius 1 is 0.607 bits per heavy atom. The summed E-state index contributed by atoms with van der Waals surface area (Å²) in [4.78, 5) is 0. The van der Waals surface area contributed by atoms with Crippen molar-refractivity contribution in [2.45, 2.75) is 65.8 Å². The van der Waals surface area contributed by atoms with E-state index in [1.807, 2.05) is 78.9 Å². The van der Waals surface area contributed by atoms with Crippen LogP contribution < -0.4 is 5.32 Å². The molecule has 306 valence electrons. The van der Waals surface area contributed by atoms with Gasteiger partial charge in [0.15, 0.2) is 0 Å². The van der Waals surface area contributed by atoms with Gasteiger partial charge in [0.05, 0.1) is 34.1 Å². The summed E-state index contributed by atoms with van der Waals surface area (Å²) < 4.78 is 0. The van der Waals surface area contributed by atoms with Crippen molar-refractivity contribution in [2.24, 2.45) is 42.5 Å². The zero-order valence-corrected chi connectivity index (χ0v) is 35.9. The second kappa shape index (κ2) is 19.9. The van der Waals surface area contributed by atoms with Crippen LogP contribution in [-0.2, 0) is 0 Å². The molecule has 7 heteroatoms. The maximum absolute atomic E-state index is 4.73. The fraction of sp³-hybridized carbons (Fsp3) is 0.222. The Labute approximate surface area is 360 Å². The maximum Gasteiger partial charge on any atom is 0.0936 e. The van der Waals surface area contributed by atoms with Crippen LogP contribution in [0.4, 0.5) is 39.8 Å². The Balaban J connectivity index is 1.09. The van der Waals surface area contributed by atoms with Gasteiger partial charge in [0.2, 0.25) is 0 Å². The molecule has 0 saturated heterocycles. The number of benzene rings is 6. The first kappa shape index (κ1) is 42.3. The minimum atomic E-state index is 0.313. The molecule has 1 aliphatic carbocycles. The van der Waals surface area contributed by atoms with Crippen LogP contribution in [0.1, 0.15) is 76.5 Å². The van der Waals surface area contributed by atoms with Crippen LogP contribution >= 0.6 is 0 Å². The zero-order valence-electron chi connectivity index (χ0n) is 35.9. The average molecular weight is 802 g/mol. The number of azo groups is 3. The second-order valence-electron chi connectivity index (χ2n) is 16.0. The van der Waals surface area contributed by atoms with Gasteiger partial charge in [-0.25, -0.2) is 0 Å². The van der Waals surface area contributed by atoms with Crippen LogP contribution in [0.3, 0.4) is 0 Å². The van der Waals surface area contributed by atoms with Crippen molar-refractivity contribution in [3.63, 3.8) is 0 Å². The van der Waals surface area contributed by atoms with E-state index >= 15 is 0 Å². The molecule has 7 nitrogen and oxygen atoms in total. The molecule has 0 atom stereocenters. The predicted molar refractivity (Wildman–Crippen MR) is 260 cm³/mol. The Hall–Kier alpha value is -6.86. The SMILES string of the molecule is C=Cc1c(N=Nc2ccc(N=Nc3ccc(NC(C)C)c4ccccc34)c3ccccc23)ccc(/N=N\c2ccc(C(/C=C\C(=C)C3CCC(C)CC3)=C/CC)cc2)c1C=C. The van der Waals surface area contributed by atoms with Gasteiger partial charge in [0, 0.05) is 44.4 Å². The average Bonchev–Trinajstić information content (AvgIpc) is 3.28. The third-order valence-electron chi connectivity index (χ3n) is 11.3. The molecule has 61 heavy (non-hydrogen) atoms. The van der Waals surface area contributed by atoms with Crippen molar-refractivity contribution in [2.75, 3.05) is 5.32 Å². The van der Waals surface area contributed by atoms with Gasteiger partial charge in [-0.2, -0.15) is 5.11 Å². The third-order valence-corrected chi connectivity index (χ3v) is 11.3. The van der Waals surface area contributed by atoms with Crippen molar-refractivity contribution >= 4 is 79.1 Å². The summed E-state index contributed by atoms with van der Waals surface area (Å²) in [7, 11) is 0. The zero-order chi connectivity index (χ0) is 42.7. The molecule has 0 amide bonds. The fourth-order valence-corrected chi connectivity index (χ4v) is 7.98. The summed E-state index contributed by atoms with van der Waals surface area (Å²) in [6.07, 6.45) is 16.2. The summed E-state index contributed by atoms with van der Waals surface area (Å²) in [5.74, 6) is 1.41. The minimum absolute atomic E-state index is 0.313. The molecule has 1 saturated carbocycles. The Morgan fingerprint density at radius 2 is 1.08 bits per heavy atom. The van der Waals surface area contributed by atoms with Crippen LogP contribution in [0, 0.1) is 11.8 Å². The highest BCUT2D eigenvalue weighted by atomic mass is 15.1. The first-order chi connectivity index (χ1) is 29.8. The van der Waals surface area contributed by atoms with Gasteiger partial charge in [0.1, 0.15) is 0 Å². The van der Waals surface area contributed by atoms with E-state index in [2.05, 4.69) is 112 Å². The van der Waals surface area contributed by atoms with E-state index in [9.17, 15) is 0 Å². The summed E-state index contributed by atoms with van der Waals surface area (Å²) in [6.45, 7) is 21.4. The van der Waals surface area contributed by atoms with Crippen LogP contribution in [-0.4, -0.2) is 6.04 Å². The lowest BCUT2D eigenvalue weighted by molar-refractivity contribution is 0.324. The number of fused-ring (bicyclic) bond motifs is 2. The number of nitrogens with one attached hydrogen (secondary N) is 1. The number of rotatable bonds is 15. The Kier molecular flexibility index (Phi) is 13.8. The molecule has 0 spiro atoms. The summed E-state index contributed by atoms with van der Waals surface area (Å²) in [5, 5.41) is 35.6. The molecule has 0 aromatic heterocycles. The molecule has 6 aromatic rings. The molecule has 1 fully saturated rings. The van der Waals surface area contributed by atoms with Gasteiger partial charge in [-0.15, -0.1) is 25.6 Å². The standard InChI is InChI=1S/C54H55N7/c1-8-15-40(25-22-38(7)39-23-20-37(6)21-24-39)41-26-28-42(29-27-41)56-57-50-32-33-51(44(10-3)43(50)9-2)58-59-53-34-35-54(48-19-14-13-18-47(48)53)61-60-52-31-30-49(55-36(4)5)45-16-11-12-17-46(45)52/h9-19,22,25-37,39,55H,2-3,7-8,20-21,23-24H2,1,4-6H3/b25-22-,40-15+,57-56-,59-58?,61-60?.